The molecule has 0 bridgehead atoms. The van der Waals surface area contributed by atoms with E-state index in [9.17, 15) is 9.90 Å². The Morgan fingerprint density at radius 2 is 2.03 bits per heavy atom. The van der Waals surface area contributed by atoms with Crippen LogP contribution in [0.4, 0.5) is 4.79 Å². The molecule has 8 heteroatoms. The second kappa shape index (κ2) is 11.0. The maximum Gasteiger partial charge on any atom is 0.410 e. The number of piperidine rings is 1. The van der Waals surface area contributed by atoms with Gasteiger partial charge in [0.15, 0.2) is 5.96 Å². The molecule has 3 N–H and O–H groups in total. The van der Waals surface area contributed by atoms with Crippen LogP contribution >= 0.6 is 0 Å². The topological polar surface area (TPSA) is 95.4 Å². The molecule has 2 aliphatic heterocycles. The van der Waals surface area contributed by atoms with Gasteiger partial charge in [-0.05, 0) is 59.3 Å². The Morgan fingerprint density at radius 1 is 1.31 bits per heavy atom. The molecule has 168 valence electrons. The van der Waals surface area contributed by atoms with Crippen LogP contribution < -0.4 is 10.6 Å². The maximum absolute atomic E-state index is 12.2. The van der Waals surface area contributed by atoms with Crippen LogP contribution in [0.25, 0.3) is 0 Å². The van der Waals surface area contributed by atoms with Gasteiger partial charge in [0.25, 0.3) is 0 Å². The highest BCUT2D eigenvalue weighted by molar-refractivity contribution is 5.79. The van der Waals surface area contributed by atoms with Crippen molar-refractivity contribution in [3.63, 3.8) is 0 Å². The molecule has 2 fully saturated rings. The zero-order chi connectivity index (χ0) is 21.3. The molecule has 0 spiro atoms. The number of guanidine groups is 1. The molecule has 2 aliphatic rings. The number of aliphatic hydroxyl groups is 1. The highest BCUT2D eigenvalue weighted by Gasteiger charge is 2.34. The van der Waals surface area contributed by atoms with Crippen LogP contribution in [-0.2, 0) is 9.47 Å². The smallest absolute Gasteiger partial charge is 0.410 e. The molecule has 29 heavy (non-hydrogen) atoms. The molecule has 2 rings (SSSR count). The predicted molar refractivity (Wildman–Crippen MR) is 114 cm³/mol. The van der Waals surface area contributed by atoms with Crippen molar-refractivity contribution in [2.24, 2.45) is 16.3 Å². The van der Waals surface area contributed by atoms with Gasteiger partial charge in [-0.15, -0.1) is 0 Å². The third-order valence-electron chi connectivity index (χ3n) is 5.57. The maximum atomic E-state index is 12.2. The summed E-state index contributed by atoms with van der Waals surface area (Å²) in [7, 11) is 0. The SMILES string of the molecule is CCNC(=NCC1(CCO)CCOC1)NCC1CCN(C(=O)OC(C)(C)C)CC1. The minimum atomic E-state index is -0.454. The fraction of sp³-hybridized carbons (Fsp3) is 0.905. The Bertz CT molecular complexity index is 533. The second-order valence-corrected chi connectivity index (χ2v) is 9.26. The van der Waals surface area contributed by atoms with Gasteiger partial charge in [-0.1, -0.05) is 0 Å². The number of carbonyl (C=O) groups is 1. The molecule has 0 aromatic carbocycles. The van der Waals surface area contributed by atoms with Gasteiger partial charge in [0.2, 0.25) is 0 Å². The van der Waals surface area contributed by atoms with E-state index in [1.54, 1.807) is 4.90 Å². The molecule has 0 aliphatic carbocycles. The lowest BCUT2D eigenvalue weighted by Gasteiger charge is -2.33. The number of carbonyl (C=O) groups excluding carboxylic acids is 1. The quantitative estimate of drug-likeness (QED) is 0.437. The monoisotopic (exact) mass is 412 g/mol. The van der Waals surface area contributed by atoms with Gasteiger partial charge >= 0.3 is 6.09 Å². The van der Waals surface area contributed by atoms with Crippen molar-refractivity contribution in [3.8, 4) is 0 Å². The summed E-state index contributed by atoms with van der Waals surface area (Å²) in [4.78, 5) is 18.8. The molecule has 2 heterocycles. The zero-order valence-corrected chi connectivity index (χ0v) is 18.6. The molecule has 0 aromatic heterocycles. The molecule has 0 radical (unpaired) electrons. The van der Waals surface area contributed by atoms with Crippen LogP contribution in [0.15, 0.2) is 4.99 Å². The average Bonchev–Trinajstić information content (AvgIpc) is 3.12. The van der Waals surface area contributed by atoms with E-state index in [1.165, 1.54) is 0 Å². The molecule has 1 unspecified atom stereocenters. The van der Waals surface area contributed by atoms with Gasteiger partial charge in [0, 0.05) is 44.8 Å². The lowest BCUT2D eigenvalue weighted by atomic mass is 9.84. The minimum absolute atomic E-state index is 0.0458. The van der Waals surface area contributed by atoms with Gasteiger partial charge in [-0.3, -0.25) is 4.99 Å². The number of hydrogen-bond acceptors (Lipinski definition) is 5. The van der Waals surface area contributed by atoms with Crippen molar-refractivity contribution in [1.29, 1.82) is 0 Å². The Labute approximate surface area is 175 Å². The summed E-state index contributed by atoms with van der Waals surface area (Å²) in [5, 5.41) is 16.2. The number of nitrogens with one attached hydrogen (secondary N) is 2. The predicted octanol–water partition coefficient (Wildman–Crippen LogP) is 1.98. The lowest BCUT2D eigenvalue weighted by Crippen LogP contribution is -2.45. The van der Waals surface area contributed by atoms with Gasteiger partial charge in [-0.25, -0.2) is 4.79 Å². The number of rotatable bonds is 7. The molecule has 2 saturated heterocycles. The highest BCUT2D eigenvalue weighted by Crippen LogP contribution is 2.32. The minimum Gasteiger partial charge on any atom is -0.444 e. The van der Waals surface area contributed by atoms with E-state index < -0.39 is 5.60 Å². The van der Waals surface area contributed by atoms with Crippen LogP contribution in [-0.4, -0.2) is 80.2 Å². The molecule has 1 atom stereocenters. The largest absolute Gasteiger partial charge is 0.444 e. The standard InChI is InChI=1S/C21H40N4O4/c1-5-22-18(24-15-21(8-12-26)9-13-28-16-21)23-14-17-6-10-25(11-7-17)19(27)29-20(2,3)4/h17,26H,5-16H2,1-4H3,(H2,22,23,24). The summed E-state index contributed by atoms with van der Waals surface area (Å²) >= 11 is 0. The number of aliphatic imine (C=N–C) groups is 1. The first kappa shape index (κ1) is 23.7. The molecule has 8 nitrogen and oxygen atoms in total. The van der Waals surface area contributed by atoms with Crippen LogP contribution in [0.1, 0.15) is 53.4 Å². The van der Waals surface area contributed by atoms with Crippen LogP contribution in [0.2, 0.25) is 0 Å². The summed E-state index contributed by atoms with van der Waals surface area (Å²) < 4.78 is 11.0. The fourth-order valence-corrected chi connectivity index (χ4v) is 3.76. The summed E-state index contributed by atoms with van der Waals surface area (Å²) in [6, 6.07) is 0. The summed E-state index contributed by atoms with van der Waals surface area (Å²) in [5.41, 5.74) is -0.500. The summed E-state index contributed by atoms with van der Waals surface area (Å²) in [5.74, 6) is 1.31. The molecule has 1 amide bonds. The van der Waals surface area contributed by atoms with E-state index in [4.69, 9.17) is 14.5 Å². The Hall–Kier alpha value is -1.54. The van der Waals surface area contributed by atoms with E-state index in [2.05, 4.69) is 17.6 Å². The highest BCUT2D eigenvalue weighted by atomic mass is 16.6. The fourth-order valence-electron chi connectivity index (χ4n) is 3.76. The second-order valence-electron chi connectivity index (χ2n) is 9.26. The van der Waals surface area contributed by atoms with Gasteiger partial charge < -0.3 is 30.1 Å². The number of hydrogen-bond donors (Lipinski definition) is 3. The first-order chi connectivity index (χ1) is 13.8. The lowest BCUT2D eigenvalue weighted by molar-refractivity contribution is 0.0185. The number of nitrogens with zero attached hydrogens (tertiary/aromatic N) is 2. The summed E-state index contributed by atoms with van der Waals surface area (Å²) in [6.45, 7) is 13.1. The number of likely N-dealkylation sites (tertiary alicyclic amines) is 1. The summed E-state index contributed by atoms with van der Waals surface area (Å²) in [6.07, 6.45) is 3.35. The third kappa shape index (κ3) is 8.01. The van der Waals surface area contributed by atoms with Crippen molar-refractivity contribution in [3.05, 3.63) is 0 Å². The van der Waals surface area contributed by atoms with Crippen molar-refractivity contribution in [2.75, 3.05) is 52.5 Å². The first-order valence-corrected chi connectivity index (χ1v) is 11.0. The number of amides is 1. The van der Waals surface area contributed by atoms with E-state index in [0.717, 1.165) is 64.4 Å². The zero-order valence-electron chi connectivity index (χ0n) is 18.6. The van der Waals surface area contributed by atoms with Crippen LogP contribution in [0, 0.1) is 11.3 Å². The normalized spacial score (nSPS) is 23.9. The van der Waals surface area contributed by atoms with Crippen LogP contribution in [0.5, 0.6) is 0 Å². The van der Waals surface area contributed by atoms with Crippen LogP contribution in [0.3, 0.4) is 0 Å². The number of aliphatic hydroxyl groups excluding tert-OH is 1. The van der Waals surface area contributed by atoms with Gasteiger partial charge in [0.05, 0.1) is 13.2 Å². The Morgan fingerprint density at radius 3 is 2.59 bits per heavy atom. The van der Waals surface area contributed by atoms with Crippen molar-refractivity contribution in [1.82, 2.24) is 15.5 Å². The molecular weight excluding hydrogens is 372 g/mol. The Balaban J connectivity index is 1.80. The van der Waals surface area contributed by atoms with Gasteiger partial charge in [0.1, 0.15) is 5.60 Å². The van der Waals surface area contributed by atoms with Crippen molar-refractivity contribution in [2.45, 2.75) is 59.0 Å². The first-order valence-electron chi connectivity index (χ1n) is 11.0. The van der Waals surface area contributed by atoms with E-state index in [0.29, 0.717) is 19.1 Å². The Kier molecular flexibility index (Phi) is 9.02. The van der Waals surface area contributed by atoms with E-state index in [-0.39, 0.29) is 18.1 Å². The van der Waals surface area contributed by atoms with Crippen molar-refractivity contribution >= 4 is 12.1 Å². The molecule has 0 saturated carbocycles. The third-order valence-corrected chi connectivity index (χ3v) is 5.57. The number of ether oxygens (including phenoxy) is 2. The molecular formula is C21H40N4O4. The van der Waals surface area contributed by atoms with E-state index in [1.807, 2.05) is 20.8 Å². The van der Waals surface area contributed by atoms with Crippen molar-refractivity contribution < 1.29 is 19.4 Å². The molecule has 0 aromatic rings. The van der Waals surface area contributed by atoms with E-state index >= 15 is 0 Å². The van der Waals surface area contributed by atoms with Gasteiger partial charge in [-0.2, -0.15) is 0 Å². The average molecular weight is 413 g/mol.